The lowest BCUT2D eigenvalue weighted by Gasteiger charge is -2.39. The van der Waals surface area contributed by atoms with E-state index in [9.17, 15) is 14.4 Å². The monoisotopic (exact) mass is 510 g/mol. The average molecular weight is 511 g/mol. The number of hydrogen-bond acceptors (Lipinski definition) is 4. The molecule has 0 N–H and O–H groups in total. The van der Waals surface area contributed by atoms with E-state index in [-0.39, 0.29) is 6.67 Å². The summed E-state index contributed by atoms with van der Waals surface area (Å²) < 4.78 is 18.3. The fourth-order valence-electron chi connectivity index (χ4n) is 4.89. The van der Waals surface area contributed by atoms with Crippen LogP contribution in [0, 0.1) is 17.2 Å². The number of halogens is 2. The maximum absolute atomic E-state index is 12.3. The third kappa shape index (κ3) is 5.20. The molecule has 0 atom stereocenters. The number of hydrogen-bond donors (Lipinski definition) is 0. The number of carbonyl (C=O) groups excluding carboxylic acids is 1. The van der Waals surface area contributed by atoms with Crippen molar-refractivity contribution in [1.82, 2.24) is 4.90 Å². The molecule has 0 bridgehead atoms. The summed E-state index contributed by atoms with van der Waals surface area (Å²) in [6.45, 7) is 2.71. The number of fused-ring (bicyclic) bond motifs is 1. The minimum atomic E-state index is -0.480. The number of nitriles is 1. The van der Waals surface area contributed by atoms with Gasteiger partial charge in [-0.15, -0.1) is 0 Å². The molecule has 2 aromatic carbocycles. The van der Waals surface area contributed by atoms with Crippen molar-refractivity contribution in [2.45, 2.75) is 32.1 Å². The lowest BCUT2D eigenvalue weighted by atomic mass is 9.88. The number of benzene rings is 2. The number of esters is 1. The van der Waals surface area contributed by atoms with Gasteiger partial charge in [-0.25, -0.2) is 4.79 Å². The molecule has 1 saturated heterocycles. The Hall–Kier alpha value is -2.49. The van der Waals surface area contributed by atoms with Crippen LogP contribution in [0.4, 0.5) is 4.39 Å². The molecule has 0 unspecified atom stereocenters. The Morgan fingerprint density at radius 2 is 2.00 bits per heavy atom. The summed E-state index contributed by atoms with van der Waals surface area (Å²) in [5, 5.41) is 9.67. The maximum atomic E-state index is 12.3. The van der Waals surface area contributed by atoms with Crippen LogP contribution in [0.2, 0.25) is 0 Å². The molecule has 0 spiro atoms. The number of allylic oxidation sites excluding steroid dienone is 1. The van der Waals surface area contributed by atoms with Crippen LogP contribution < -0.4 is 0 Å². The van der Waals surface area contributed by atoms with Crippen molar-refractivity contribution in [3.63, 3.8) is 0 Å². The highest BCUT2D eigenvalue weighted by Crippen LogP contribution is 2.39. The molecule has 2 aliphatic rings. The molecule has 33 heavy (non-hydrogen) atoms. The van der Waals surface area contributed by atoms with E-state index in [1.807, 2.05) is 12.1 Å². The molecule has 1 aliphatic heterocycles. The number of alkyl halides is 1. The van der Waals surface area contributed by atoms with Gasteiger partial charge in [0.15, 0.2) is 0 Å². The Balaban J connectivity index is 1.58. The number of likely N-dealkylation sites (tertiary alicyclic amines) is 1. The SMILES string of the molecule is COC(=O)c1cc2c(cc1C#N)C(c1ccc(CC3CN(CCCF)C3)cc1)=C(Br)CCC2. The van der Waals surface area contributed by atoms with Gasteiger partial charge in [-0.05, 0) is 78.0 Å². The summed E-state index contributed by atoms with van der Waals surface area (Å²) in [6.07, 6.45) is 4.36. The summed E-state index contributed by atoms with van der Waals surface area (Å²) in [7, 11) is 1.34. The van der Waals surface area contributed by atoms with Crippen molar-refractivity contribution in [3.05, 3.63) is 74.3 Å². The van der Waals surface area contributed by atoms with Gasteiger partial charge in [-0.2, -0.15) is 5.26 Å². The average Bonchev–Trinajstić information content (AvgIpc) is 2.97. The van der Waals surface area contributed by atoms with Gasteiger partial charge < -0.3 is 9.64 Å². The molecule has 0 radical (unpaired) electrons. The molecule has 0 aromatic heterocycles. The fourth-order valence-corrected chi connectivity index (χ4v) is 5.61. The molecule has 1 fully saturated rings. The highest BCUT2D eigenvalue weighted by molar-refractivity contribution is 9.11. The largest absolute Gasteiger partial charge is 0.465 e. The summed E-state index contributed by atoms with van der Waals surface area (Å²) in [5.41, 5.74) is 6.21. The third-order valence-corrected chi connectivity index (χ3v) is 7.35. The minimum Gasteiger partial charge on any atom is -0.465 e. The predicted molar refractivity (Wildman–Crippen MR) is 131 cm³/mol. The van der Waals surface area contributed by atoms with Crippen LogP contribution in [0.25, 0.3) is 5.57 Å². The summed E-state index contributed by atoms with van der Waals surface area (Å²) in [6, 6.07) is 14.5. The summed E-state index contributed by atoms with van der Waals surface area (Å²) in [5.74, 6) is 0.154. The van der Waals surface area contributed by atoms with Crippen molar-refractivity contribution >= 4 is 27.5 Å². The molecule has 1 aliphatic carbocycles. The maximum Gasteiger partial charge on any atom is 0.339 e. The van der Waals surface area contributed by atoms with E-state index >= 15 is 0 Å². The molecular formula is C27H28BrFN2O2. The van der Waals surface area contributed by atoms with Crippen LogP contribution in [-0.4, -0.2) is 44.3 Å². The Labute approximate surface area is 203 Å². The third-order valence-electron chi connectivity index (χ3n) is 6.56. The van der Waals surface area contributed by atoms with E-state index in [2.05, 4.69) is 51.2 Å². The summed E-state index contributed by atoms with van der Waals surface area (Å²) >= 11 is 3.80. The van der Waals surface area contributed by atoms with E-state index in [4.69, 9.17) is 4.74 Å². The van der Waals surface area contributed by atoms with Crippen molar-refractivity contribution in [1.29, 1.82) is 5.26 Å². The molecule has 6 heteroatoms. The van der Waals surface area contributed by atoms with E-state index in [1.54, 1.807) is 0 Å². The van der Waals surface area contributed by atoms with Crippen LogP contribution in [0.15, 0.2) is 40.9 Å². The molecule has 4 rings (SSSR count). The zero-order valence-corrected chi connectivity index (χ0v) is 20.5. The van der Waals surface area contributed by atoms with Crippen LogP contribution in [0.1, 0.15) is 57.4 Å². The Morgan fingerprint density at radius 3 is 2.67 bits per heavy atom. The highest BCUT2D eigenvalue weighted by Gasteiger charge is 2.26. The number of aryl methyl sites for hydroxylation is 1. The number of carbonyl (C=O) groups is 1. The number of ether oxygens (including phenoxy) is 1. The van der Waals surface area contributed by atoms with Gasteiger partial charge in [0.1, 0.15) is 6.07 Å². The van der Waals surface area contributed by atoms with Gasteiger partial charge in [0.05, 0.1) is 24.9 Å². The van der Waals surface area contributed by atoms with E-state index in [0.29, 0.717) is 23.5 Å². The van der Waals surface area contributed by atoms with Crippen molar-refractivity contribution in [3.8, 4) is 6.07 Å². The van der Waals surface area contributed by atoms with Crippen molar-refractivity contribution in [2.24, 2.45) is 5.92 Å². The molecular weight excluding hydrogens is 483 g/mol. The first kappa shape index (κ1) is 23.7. The second kappa shape index (κ2) is 10.6. The predicted octanol–water partition coefficient (Wildman–Crippen LogP) is 5.67. The van der Waals surface area contributed by atoms with E-state index in [1.165, 1.54) is 12.7 Å². The van der Waals surface area contributed by atoms with Crippen LogP contribution >= 0.6 is 15.9 Å². The first-order valence-corrected chi connectivity index (χ1v) is 12.2. The molecule has 4 nitrogen and oxygen atoms in total. The van der Waals surface area contributed by atoms with Gasteiger partial charge in [-0.1, -0.05) is 40.2 Å². The molecule has 172 valence electrons. The number of nitrogens with zero attached hydrogens (tertiary/aromatic N) is 2. The lowest BCUT2D eigenvalue weighted by molar-refractivity contribution is 0.0600. The van der Waals surface area contributed by atoms with Crippen LogP contribution in [0.3, 0.4) is 0 Å². The van der Waals surface area contributed by atoms with E-state index in [0.717, 1.165) is 72.1 Å². The quantitative estimate of drug-likeness (QED) is 0.450. The normalized spacial score (nSPS) is 16.5. The lowest BCUT2D eigenvalue weighted by Crippen LogP contribution is -2.47. The fraction of sp³-hybridized carbons (Fsp3) is 0.407. The van der Waals surface area contributed by atoms with Crippen molar-refractivity contribution < 1.29 is 13.9 Å². The van der Waals surface area contributed by atoms with Gasteiger partial charge >= 0.3 is 5.97 Å². The second-order valence-electron chi connectivity index (χ2n) is 8.86. The zero-order chi connectivity index (χ0) is 23.4. The van der Waals surface area contributed by atoms with Gasteiger partial charge in [-0.3, -0.25) is 4.39 Å². The van der Waals surface area contributed by atoms with Gasteiger partial charge in [0.2, 0.25) is 0 Å². The second-order valence-corrected chi connectivity index (χ2v) is 9.82. The van der Waals surface area contributed by atoms with Crippen LogP contribution in [-0.2, 0) is 17.6 Å². The van der Waals surface area contributed by atoms with Crippen molar-refractivity contribution in [2.75, 3.05) is 33.4 Å². The minimum absolute atomic E-state index is 0.239. The standard InChI is InChI=1S/C27H28BrFN2O2/c1-33-27(32)24-13-21-4-2-5-25(28)26(23(21)14-22(24)15-30)20-8-6-18(7-9-20)12-19-16-31(17-19)11-3-10-29/h6-9,13-14,19H,2-5,10-12,16-17H2,1H3. The number of methoxy groups -OCH3 is 1. The Kier molecular flexibility index (Phi) is 7.62. The smallest absolute Gasteiger partial charge is 0.339 e. The molecule has 0 saturated carbocycles. The molecule has 2 aromatic rings. The Morgan fingerprint density at radius 1 is 1.24 bits per heavy atom. The number of rotatable bonds is 7. The first-order valence-electron chi connectivity index (χ1n) is 11.5. The molecule has 1 heterocycles. The first-order chi connectivity index (χ1) is 16.0. The van der Waals surface area contributed by atoms with Gasteiger partial charge in [0, 0.05) is 24.1 Å². The highest BCUT2D eigenvalue weighted by atomic mass is 79.9. The van der Waals surface area contributed by atoms with Crippen LogP contribution in [0.5, 0.6) is 0 Å². The van der Waals surface area contributed by atoms with Gasteiger partial charge in [0.25, 0.3) is 0 Å². The topological polar surface area (TPSA) is 53.3 Å². The molecule has 0 amide bonds. The summed E-state index contributed by atoms with van der Waals surface area (Å²) in [4.78, 5) is 14.5. The van der Waals surface area contributed by atoms with E-state index < -0.39 is 5.97 Å². The zero-order valence-electron chi connectivity index (χ0n) is 18.9. The Bertz CT molecular complexity index is 1100.